The first-order valence-corrected chi connectivity index (χ1v) is 13.5. The van der Waals surface area contributed by atoms with Crippen molar-refractivity contribution in [3.8, 4) is 0 Å². The molecule has 0 saturated carbocycles. The summed E-state index contributed by atoms with van der Waals surface area (Å²) >= 11 is 0. The minimum atomic E-state index is 0.643. The van der Waals surface area contributed by atoms with Crippen LogP contribution < -0.4 is 0 Å². The van der Waals surface area contributed by atoms with Crippen molar-refractivity contribution >= 4 is 0 Å². The molecule has 2 nitrogen and oxygen atoms in total. The third-order valence-corrected chi connectivity index (χ3v) is 6.57. The van der Waals surface area contributed by atoms with Crippen molar-refractivity contribution in [3.05, 3.63) is 12.4 Å². The van der Waals surface area contributed by atoms with Gasteiger partial charge in [-0.05, 0) is 25.7 Å². The molecule has 1 unspecified atom stereocenters. The van der Waals surface area contributed by atoms with E-state index in [2.05, 4.69) is 43.0 Å². The fourth-order valence-electron chi connectivity index (χ4n) is 4.58. The minimum absolute atomic E-state index is 0.643. The van der Waals surface area contributed by atoms with Crippen LogP contribution in [0.2, 0.25) is 0 Å². The molecule has 1 heterocycles. The SMILES string of the molecule is CCCCCCCCCCCCCN1C=CN(CCCCCCC)C1CCCC. The molecular formula is C27H54N2. The zero-order chi connectivity index (χ0) is 21.0. The van der Waals surface area contributed by atoms with Crippen molar-refractivity contribution in [2.24, 2.45) is 0 Å². The predicted molar refractivity (Wildman–Crippen MR) is 131 cm³/mol. The second kappa shape index (κ2) is 19.3. The second-order valence-corrected chi connectivity index (χ2v) is 9.35. The van der Waals surface area contributed by atoms with Crippen molar-refractivity contribution in [1.82, 2.24) is 9.80 Å². The summed E-state index contributed by atoms with van der Waals surface area (Å²) in [5, 5.41) is 0. The molecule has 0 radical (unpaired) electrons. The van der Waals surface area contributed by atoms with Crippen molar-refractivity contribution in [2.75, 3.05) is 13.1 Å². The quantitative estimate of drug-likeness (QED) is 0.176. The molecule has 0 aromatic carbocycles. The molecule has 0 saturated heterocycles. The topological polar surface area (TPSA) is 6.48 Å². The van der Waals surface area contributed by atoms with Gasteiger partial charge in [0.15, 0.2) is 0 Å². The Bertz CT molecular complexity index is 366. The number of rotatable bonds is 21. The van der Waals surface area contributed by atoms with E-state index in [-0.39, 0.29) is 0 Å². The molecular weight excluding hydrogens is 352 g/mol. The Morgan fingerprint density at radius 3 is 1.17 bits per heavy atom. The summed E-state index contributed by atoms with van der Waals surface area (Å²) in [6.45, 7) is 9.44. The van der Waals surface area contributed by atoms with Crippen LogP contribution in [-0.2, 0) is 0 Å². The van der Waals surface area contributed by atoms with Crippen LogP contribution in [0.15, 0.2) is 12.4 Å². The molecule has 0 aromatic rings. The van der Waals surface area contributed by atoms with Crippen LogP contribution in [0.5, 0.6) is 0 Å². The minimum Gasteiger partial charge on any atom is -0.356 e. The van der Waals surface area contributed by atoms with Crippen molar-refractivity contribution in [1.29, 1.82) is 0 Å². The molecule has 1 rings (SSSR count). The third-order valence-electron chi connectivity index (χ3n) is 6.57. The van der Waals surface area contributed by atoms with Gasteiger partial charge in [0.05, 0.1) is 0 Å². The lowest BCUT2D eigenvalue weighted by molar-refractivity contribution is 0.136. The molecule has 172 valence electrons. The van der Waals surface area contributed by atoms with Gasteiger partial charge in [0.25, 0.3) is 0 Å². The Morgan fingerprint density at radius 1 is 0.448 bits per heavy atom. The Hall–Kier alpha value is -0.660. The Labute approximate surface area is 184 Å². The normalized spacial score (nSPS) is 16.3. The fraction of sp³-hybridized carbons (Fsp3) is 0.926. The zero-order valence-corrected chi connectivity index (χ0v) is 20.5. The smallest absolute Gasteiger partial charge is 0.101 e. The van der Waals surface area contributed by atoms with Crippen LogP contribution in [0, 0.1) is 0 Å². The first kappa shape index (κ1) is 26.4. The Kier molecular flexibility index (Phi) is 17.6. The Balaban J connectivity index is 2.11. The van der Waals surface area contributed by atoms with Gasteiger partial charge in [-0.2, -0.15) is 0 Å². The average molecular weight is 407 g/mol. The molecule has 1 aliphatic heterocycles. The summed E-state index contributed by atoms with van der Waals surface area (Å²) in [7, 11) is 0. The highest BCUT2D eigenvalue weighted by atomic mass is 15.4. The van der Waals surface area contributed by atoms with E-state index in [0.29, 0.717) is 6.17 Å². The van der Waals surface area contributed by atoms with Crippen LogP contribution in [0.25, 0.3) is 0 Å². The van der Waals surface area contributed by atoms with E-state index in [1.54, 1.807) is 0 Å². The largest absolute Gasteiger partial charge is 0.356 e. The van der Waals surface area contributed by atoms with Gasteiger partial charge >= 0.3 is 0 Å². The number of hydrogen-bond donors (Lipinski definition) is 0. The summed E-state index contributed by atoms with van der Waals surface area (Å²) in [5.74, 6) is 0. The van der Waals surface area contributed by atoms with Crippen LogP contribution in [0.3, 0.4) is 0 Å². The number of nitrogens with zero attached hydrogens (tertiary/aromatic N) is 2. The van der Waals surface area contributed by atoms with Crippen molar-refractivity contribution in [3.63, 3.8) is 0 Å². The summed E-state index contributed by atoms with van der Waals surface area (Å²) < 4.78 is 0. The lowest BCUT2D eigenvalue weighted by Gasteiger charge is -2.33. The molecule has 0 aliphatic carbocycles. The highest BCUT2D eigenvalue weighted by molar-refractivity contribution is 4.96. The van der Waals surface area contributed by atoms with Crippen LogP contribution in [0.4, 0.5) is 0 Å². The van der Waals surface area contributed by atoms with Crippen molar-refractivity contribution < 1.29 is 0 Å². The van der Waals surface area contributed by atoms with Gasteiger partial charge in [0.2, 0.25) is 0 Å². The molecule has 0 aromatic heterocycles. The first-order chi connectivity index (χ1) is 14.3. The van der Waals surface area contributed by atoms with E-state index in [1.165, 1.54) is 135 Å². The predicted octanol–water partition coefficient (Wildman–Crippen LogP) is 8.87. The van der Waals surface area contributed by atoms with E-state index in [9.17, 15) is 0 Å². The standard InChI is InChI=1S/C27H54N2/c1-4-7-10-12-13-14-15-16-17-19-21-24-29-26-25-28(27(29)22-9-6-3)23-20-18-11-8-5-2/h25-27H,4-24H2,1-3H3. The van der Waals surface area contributed by atoms with Crippen LogP contribution >= 0.6 is 0 Å². The monoisotopic (exact) mass is 406 g/mol. The summed E-state index contributed by atoms with van der Waals surface area (Å²) in [5.41, 5.74) is 0. The third kappa shape index (κ3) is 13.3. The molecule has 0 N–H and O–H groups in total. The molecule has 1 atom stereocenters. The van der Waals surface area contributed by atoms with Gasteiger partial charge in [-0.1, -0.05) is 117 Å². The van der Waals surface area contributed by atoms with Crippen LogP contribution in [-0.4, -0.2) is 29.1 Å². The summed E-state index contributed by atoms with van der Waals surface area (Å²) in [4.78, 5) is 5.29. The van der Waals surface area contributed by atoms with Gasteiger partial charge in [0.1, 0.15) is 6.17 Å². The molecule has 1 aliphatic rings. The molecule has 0 amide bonds. The fourth-order valence-corrected chi connectivity index (χ4v) is 4.58. The van der Waals surface area contributed by atoms with Crippen molar-refractivity contribution in [2.45, 2.75) is 149 Å². The first-order valence-electron chi connectivity index (χ1n) is 13.5. The van der Waals surface area contributed by atoms with E-state index >= 15 is 0 Å². The Morgan fingerprint density at radius 2 is 0.793 bits per heavy atom. The van der Waals surface area contributed by atoms with Gasteiger partial charge in [0, 0.05) is 25.5 Å². The van der Waals surface area contributed by atoms with Gasteiger partial charge in [-0.25, -0.2) is 0 Å². The van der Waals surface area contributed by atoms with E-state index in [1.807, 2.05) is 0 Å². The zero-order valence-electron chi connectivity index (χ0n) is 20.5. The molecule has 0 fully saturated rings. The van der Waals surface area contributed by atoms with Gasteiger partial charge in [-0.3, -0.25) is 0 Å². The lowest BCUT2D eigenvalue weighted by Crippen LogP contribution is -2.39. The number of hydrogen-bond acceptors (Lipinski definition) is 2. The number of unbranched alkanes of at least 4 members (excludes halogenated alkanes) is 15. The molecule has 0 bridgehead atoms. The van der Waals surface area contributed by atoms with Gasteiger partial charge in [-0.15, -0.1) is 0 Å². The maximum atomic E-state index is 2.65. The average Bonchev–Trinajstić information content (AvgIpc) is 3.11. The molecule has 29 heavy (non-hydrogen) atoms. The maximum Gasteiger partial charge on any atom is 0.101 e. The molecule has 0 spiro atoms. The lowest BCUT2D eigenvalue weighted by atomic mass is 10.1. The van der Waals surface area contributed by atoms with Gasteiger partial charge < -0.3 is 9.80 Å². The summed E-state index contributed by atoms with van der Waals surface area (Å²) in [6, 6.07) is 0. The highest BCUT2D eigenvalue weighted by Crippen LogP contribution is 2.23. The maximum absolute atomic E-state index is 2.65. The van der Waals surface area contributed by atoms with E-state index in [0.717, 1.165) is 0 Å². The highest BCUT2D eigenvalue weighted by Gasteiger charge is 2.24. The summed E-state index contributed by atoms with van der Waals surface area (Å²) in [6.07, 6.45) is 32.1. The van der Waals surface area contributed by atoms with E-state index < -0.39 is 0 Å². The van der Waals surface area contributed by atoms with E-state index in [4.69, 9.17) is 0 Å². The second-order valence-electron chi connectivity index (χ2n) is 9.35. The van der Waals surface area contributed by atoms with Crippen LogP contribution in [0.1, 0.15) is 143 Å². The molecule has 2 heteroatoms.